The minimum atomic E-state index is -0.999. The van der Waals surface area contributed by atoms with Crippen molar-refractivity contribution in [2.24, 2.45) is 0 Å². The molecule has 0 saturated heterocycles. The Balaban J connectivity index is 2.58. The minimum absolute atomic E-state index is 0.289. The zero-order valence-corrected chi connectivity index (χ0v) is 8.35. The number of benzene rings is 1. The first-order valence-electron chi connectivity index (χ1n) is 4.44. The van der Waals surface area contributed by atoms with Crippen molar-refractivity contribution in [3.05, 3.63) is 47.9 Å². The van der Waals surface area contributed by atoms with Crippen LogP contribution in [0.15, 0.2) is 36.5 Å². The second-order valence-corrected chi connectivity index (χ2v) is 3.20. The molecule has 0 heterocycles. The van der Waals surface area contributed by atoms with E-state index in [2.05, 4.69) is 0 Å². The molecule has 15 heavy (non-hydrogen) atoms. The zero-order chi connectivity index (χ0) is 11.3. The molecule has 0 aliphatic heterocycles. The molecule has 0 fully saturated rings. The molecule has 1 N–H and O–H groups in total. The van der Waals surface area contributed by atoms with Gasteiger partial charge in [-0.05, 0) is 17.7 Å². The van der Waals surface area contributed by atoms with Crippen LogP contribution in [-0.4, -0.2) is 23.0 Å². The van der Waals surface area contributed by atoms with Gasteiger partial charge in [-0.15, -0.1) is 0 Å². The van der Waals surface area contributed by atoms with Crippen LogP contribution in [0.1, 0.15) is 5.56 Å². The molecule has 0 unspecified atom stereocenters. The summed E-state index contributed by atoms with van der Waals surface area (Å²) in [6.07, 6.45) is 2.48. The molecule has 80 valence electrons. The molecular weight excluding hydrogens is 197 g/mol. The van der Waals surface area contributed by atoms with E-state index in [-0.39, 0.29) is 5.82 Å². The summed E-state index contributed by atoms with van der Waals surface area (Å²) in [5.41, 5.74) is 0.799. The third-order valence-corrected chi connectivity index (χ3v) is 1.79. The van der Waals surface area contributed by atoms with Crippen molar-refractivity contribution in [1.29, 1.82) is 0 Å². The molecule has 3 nitrogen and oxygen atoms in total. The van der Waals surface area contributed by atoms with Crippen molar-refractivity contribution in [3.8, 4) is 0 Å². The molecule has 0 radical (unpaired) electrons. The maximum Gasteiger partial charge on any atom is 0.329 e. The van der Waals surface area contributed by atoms with Gasteiger partial charge in [0.15, 0.2) is 0 Å². The number of carboxylic acid groups (broad SMARTS) is 1. The van der Waals surface area contributed by atoms with Gasteiger partial charge in [0.2, 0.25) is 0 Å². The van der Waals surface area contributed by atoms with Gasteiger partial charge < -0.3 is 10.0 Å². The highest BCUT2D eigenvalue weighted by atomic mass is 19.1. The van der Waals surface area contributed by atoms with Crippen molar-refractivity contribution in [3.63, 3.8) is 0 Å². The van der Waals surface area contributed by atoms with Crippen molar-refractivity contribution < 1.29 is 14.3 Å². The van der Waals surface area contributed by atoms with Crippen molar-refractivity contribution in [1.82, 2.24) is 4.90 Å². The number of halogens is 1. The smallest absolute Gasteiger partial charge is 0.329 e. The first-order valence-corrected chi connectivity index (χ1v) is 4.44. The van der Waals surface area contributed by atoms with Crippen LogP contribution in [0.25, 0.3) is 0 Å². The number of carboxylic acids is 1. The summed E-state index contributed by atoms with van der Waals surface area (Å²) < 4.78 is 12.8. The maximum absolute atomic E-state index is 12.8. The molecular formula is C11H12FNO2. The van der Waals surface area contributed by atoms with E-state index in [1.54, 1.807) is 24.1 Å². The van der Waals surface area contributed by atoms with Gasteiger partial charge in [0.05, 0.1) is 0 Å². The average Bonchev–Trinajstić information content (AvgIpc) is 2.15. The van der Waals surface area contributed by atoms with Crippen molar-refractivity contribution >= 4 is 5.97 Å². The van der Waals surface area contributed by atoms with Crippen LogP contribution >= 0.6 is 0 Å². The van der Waals surface area contributed by atoms with E-state index in [0.717, 1.165) is 11.6 Å². The zero-order valence-electron chi connectivity index (χ0n) is 8.35. The van der Waals surface area contributed by atoms with E-state index < -0.39 is 5.97 Å². The molecule has 1 rings (SSSR count). The van der Waals surface area contributed by atoms with Crippen LogP contribution in [-0.2, 0) is 11.3 Å². The normalized spacial score (nSPS) is 10.5. The lowest BCUT2D eigenvalue weighted by Gasteiger charge is -2.13. The number of nitrogens with zero attached hydrogens (tertiary/aromatic N) is 1. The van der Waals surface area contributed by atoms with Gasteiger partial charge in [-0.3, -0.25) is 0 Å². The summed E-state index contributed by atoms with van der Waals surface area (Å²) in [4.78, 5) is 11.9. The quantitative estimate of drug-likeness (QED) is 0.769. The summed E-state index contributed by atoms with van der Waals surface area (Å²) in [5, 5.41) is 8.40. The Morgan fingerprint density at radius 3 is 2.93 bits per heavy atom. The highest BCUT2D eigenvalue weighted by molar-refractivity contribution is 5.79. The number of rotatable bonds is 4. The van der Waals surface area contributed by atoms with Crippen LogP contribution in [0, 0.1) is 5.82 Å². The van der Waals surface area contributed by atoms with E-state index in [1.807, 2.05) is 0 Å². The van der Waals surface area contributed by atoms with Gasteiger partial charge in [-0.25, -0.2) is 9.18 Å². The van der Waals surface area contributed by atoms with Crippen LogP contribution in [0.4, 0.5) is 4.39 Å². The molecule has 0 spiro atoms. The fourth-order valence-corrected chi connectivity index (χ4v) is 1.17. The largest absolute Gasteiger partial charge is 0.478 e. The molecule has 1 aromatic rings. The average molecular weight is 209 g/mol. The van der Waals surface area contributed by atoms with Gasteiger partial charge in [-0.2, -0.15) is 0 Å². The molecule has 0 saturated carbocycles. The third kappa shape index (κ3) is 4.26. The van der Waals surface area contributed by atoms with E-state index in [0.29, 0.717) is 6.54 Å². The molecule has 0 amide bonds. The number of hydrogen-bond donors (Lipinski definition) is 1. The first kappa shape index (κ1) is 11.2. The Bertz CT molecular complexity index is 377. The molecule has 0 aliphatic carbocycles. The molecule has 0 aliphatic rings. The lowest BCUT2D eigenvalue weighted by Crippen LogP contribution is -2.10. The maximum atomic E-state index is 12.8. The second kappa shape index (κ2) is 5.14. The predicted molar refractivity (Wildman–Crippen MR) is 54.6 cm³/mol. The van der Waals surface area contributed by atoms with Crippen LogP contribution in [0.2, 0.25) is 0 Å². The Morgan fingerprint density at radius 2 is 2.33 bits per heavy atom. The minimum Gasteiger partial charge on any atom is -0.478 e. The lowest BCUT2D eigenvalue weighted by molar-refractivity contribution is -0.131. The Kier molecular flexibility index (Phi) is 3.85. The standard InChI is InChI=1S/C11H12FNO2/c1-13(6-5-11(14)15)8-9-3-2-4-10(12)7-9/h2-7H,8H2,1H3,(H,14,15). The van der Waals surface area contributed by atoms with Crippen LogP contribution in [0.3, 0.4) is 0 Å². The van der Waals surface area contributed by atoms with Crippen LogP contribution in [0.5, 0.6) is 0 Å². The monoisotopic (exact) mass is 209 g/mol. The summed E-state index contributed by atoms with van der Waals surface area (Å²) in [6.45, 7) is 0.474. The van der Waals surface area contributed by atoms with E-state index >= 15 is 0 Å². The summed E-state index contributed by atoms with van der Waals surface area (Å²) in [5.74, 6) is -1.29. The van der Waals surface area contributed by atoms with Gasteiger partial charge in [-0.1, -0.05) is 12.1 Å². The van der Waals surface area contributed by atoms with Gasteiger partial charge >= 0.3 is 5.97 Å². The topological polar surface area (TPSA) is 40.5 Å². The van der Waals surface area contributed by atoms with Gasteiger partial charge in [0.1, 0.15) is 5.82 Å². The SMILES string of the molecule is CN(C=CC(=O)O)Cc1cccc(F)c1. The van der Waals surface area contributed by atoms with Gasteiger partial charge in [0, 0.05) is 25.9 Å². The Morgan fingerprint density at radius 1 is 1.60 bits per heavy atom. The number of hydrogen-bond acceptors (Lipinski definition) is 2. The fourth-order valence-electron chi connectivity index (χ4n) is 1.17. The number of aliphatic carboxylic acids is 1. The van der Waals surface area contributed by atoms with Crippen LogP contribution < -0.4 is 0 Å². The van der Waals surface area contributed by atoms with E-state index in [4.69, 9.17) is 5.11 Å². The first-order chi connectivity index (χ1) is 7.08. The lowest BCUT2D eigenvalue weighted by atomic mass is 10.2. The van der Waals surface area contributed by atoms with Gasteiger partial charge in [0.25, 0.3) is 0 Å². The molecule has 1 aromatic carbocycles. The third-order valence-electron chi connectivity index (χ3n) is 1.79. The molecule has 4 heteroatoms. The molecule has 0 aromatic heterocycles. The summed E-state index contributed by atoms with van der Waals surface area (Å²) in [6, 6.07) is 6.20. The second-order valence-electron chi connectivity index (χ2n) is 3.20. The van der Waals surface area contributed by atoms with Crippen molar-refractivity contribution in [2.45, 2.75) is 6.54 Å². The van der Waals surface area contributed by atoms with E-state index in [1.165, 1.54) is 18.3 Å². The Labute approximate surface area is 87.4 Å². The predicted octanol–water partition coefficient (Wildman–Crippen LogP) is 1.86. The number of carbonyl (C=O) groups is 1. The highest BCUT2D eigenvalue weighted by Gasteiger charge is 1.97. The Hall–Kier alpha value is -1.84. The van der Waals surface area contributed by atoms with E-state index in [9.17, 15) is 9.18 Å². The van der Waals surface area contributed by atoms with Crippen molar-refractivity contribution in [2.75, 3.05) is 7.05 Å². The highest BCUT2D eigenvalue weighted by Crippen LogP contribution is 2.06. The summed E-state index contributed by atoms with van der Waals surface area (Å²) in [7, 11) is 1.73. The molecule has 0 bridgehead atoms. The summed E-state index contributed by atoms with van der Waals surface area (Å²) >= 11 is 0. The molecule has 0 atom stereocenters. The fraction of sp³-hybridized carbons (Fsp3) is 0.182.